The van der Waals surface area contributed by atoms with Crippen molar-refractivity contribution >= 4 is 15.9 Å². The van der Waals surface area contributed by atoms with Gasteiger partial charge in [-0.2, -0.15) is 14.6 Å². The second-order valence-electron chi connectivity index (χ2n) is 8.20. The smallest absolute Gasteiger partial charge is 0.243 e. The van der Waals surface area contributed by atoms with E-state index in [1.54, 1.807) is 28.6 Å². The van der Waals surface area contributed by atoms with Crippen LogP contribution in [0.2, 0.25) is 0 Å². The van der Waals surface area contributed by atoms with Crippen LogP contribution in [0.4, 0.5) is 5.88 Å². The Labute approximate surface area is 188 Å². The normalized spacial score (nSPS) is 16.4. The zero-order valence-electron chi connectivity index (χ0n) is 18.2. The Morgan fingerprint density at radius 2 is 1.78 bits per heavy atom. The molecular formula is C24H26N4O3S. The lowest BCUT2D eigenvalue weighted by atomic mass is 10.0. The summed E-state index contributed by atoms with van der Waals surface area (Å²) in [6.07, 6.45) is 1.75. The number of nitrogens with one attached hydrogen (secondary N) is 1. The standard InChI is InChI=1S/C24H26N4O3S/c1-17-12-14-28(15-13-17)32(29,30)21-10-8-20(9-11-21)23-27-22(16-25)24(31-23)26-18(2)19-6-4-3-5-7-19/h3-11,17-18,26H,12-15H2,1-2H3/t18-/m0/s1. The summed E-state index contributed by atoms with van der Waals surface area (Å²) in [5.74, 6) is 1.11. The molecule has 0 saturated carbocycles. The molecule has 1 N–H and O–H groups in total. The Balaban J connectivity index is 1.54. The molecule has 2 aromatic carbocycles. The molecule has 7 nitrogen and oxygen atoms in total. The van der Waals surface area contributed by atoms with Crippen LogP contribution in [0, 0.1) is 17.2 Å². The summed E-state index contributed by atoms with van der Waals surface area (Å²) >= 11 is 0. The van der Waals surface area contributed by atoms with Crippen LogP contribution < -0.4 is 5.32 Å². The average molecular weight is 451 g/mol. The molecule has 1 atom stereocenters. The molecular weight excluding hydrogens is 424 g/mol. The summed E-state index contributed by atoms with van der Waals surface area (Å²) < 4.78 is 33.3. The minimum absolute atomic E-state index is 0.0797. The maximum absolute atomic E-state index is 12.9. The molecule has 0 aliphatic carbocycles. The molecule has 0 radical (unpaired) electrons. The fraction of sp³-hybridized carbons (Fsp3) is 0.333. The van der Waals surface area contributed by atoms with Crippen molar-refractivity contribution in [1.29, 1.82) is 5.26 Å². The number of hydrogen-bond donors (Lipinski definition) is 1. The maximum Gasteiger partial charge on any atom is 0.243 e. The number of hydrogen-bond acceptors (Lipinski definition) is 6. The molecule has 4 rings (SSSR count). The summed E-state index contributed by atoms with van der Waals surface area (Å²) in [5.41, 5.74) is 1.81. The van der Waals surface area contributed by atoms with Gasteiger partial charge in [0.05, 0.1) is 10.9 Å². The number of sulfonamides is 1. The first-order valence-corrected chi connectivity index (χ1v) is 12.2. The number of aromatic nitrogens is 1. The number of nitriles is 1. The highest BCUT2D eigenvalue weighted by molar-refractivity contribution is 7.89. The van der Waals surface area contributed by atoms with Crippen molar-refractivity contribution in [1.82, 2.24) is 9.29 Å². The lowest BCUT2D eigenvalue weighted by molar-refractivity contribution is 0.288. The van der Waals surface area contributed by atoms with Crippen LogP contribution in [0.1, 0.15) is 44.0 Å². The van der Waals surface area contributed by atoms with Gasteiger partial charge in [0.25, 0.3) is 0 Å². The van der Waals surface area contributed by atoms with Crippen molar-refractivity contribution in [2.24, 2.45) is 5.92 Å². The van der Waals surface area contributed by atoms with E-state index in [2.05, 4.69) is 23.3 Å². The molecule has 1 aliphatic heterocycles. The first kappa shape index (κ1) is 22.1. The highest BCUT2D eigenvalue weighted by Gasteiger charge is 2.28. The SMILES string of the molecule is CC1CCN(S(=O)(=O)c2ccc(-c3nc(C#N)c(N[C@@H](C)c4ccccc4)o3)cc2)CC1. The van der Waals surface area contributed by atoms with Gasteiger partial charge in [-0.15, -0.1) is 0 Å². The van der Waals surface area contributed by atoms with E-state index in [1.807, 2.05) is 37.3 Å². The van der Waals surface area contributed by atoms with E-state index in [9.17, 15) is 13.7 Å². The van der Waals surface area contributed by atoms with E-state index >= 15 is 0 Å². The quantitative estimate of drug-likeness (QED) is 0.579. The first-order valence-electron chi connectivity index (χ1n) is 10.7. The fourth-order valence-electron chi connectivity index (χ4n) is 3.78. The highest BCUT2D eigenvalue weighted by Crippen LogP contribution is 2.30. The summed E-state index contributed by atoms with van der Waals surface area (Å²) in [6.45, 7) is 5.21. The first-order chi connectivity index (χ1) is 15.4. The molecule has 2 heterocycles. The predicted octanol–water partition coefficient (Wildman–Crippen LogP) is 4.81. The highest BCUT2D eigenvalue weighted by atomic mass is 32.2. The Morgan fingerprint density at radius 1 is 1.12 bits per heavy atom. The van der Waals surface area contributed by atoms with Crippen LogP contribution in [0.3, 0.4) is 0 Å². The van der Waals surface area contributed by atoms with Gasteiger partial charge in [0, 0.05) is 18.7 Å². The summed E-state index contributed by atoms with van der Waals surface area (Å²) in [4.78, 5) is 4.53. The van der Waals surface area contributed by atoms with E-state index in [-0.39, 0.29) is 28.4 Å². The number of benzene rings is 2. The van der Waals surface area contributed by atoms with E-state index in [4.69, 9.17) is 4.42 Å². The molecule has 0 spiro atoms. The Hall–Kier alpha value is -3.15. The number of piperidine rings is 1. The third-order valence-electron chi connectivity index (χ3n) is 5.86. The predicted molar refractivity (Wildman–Crippen MR) is 122 cm³/mol. The molecule has 166 valence electrons. The zero-order valence-corrected chi connectivity index (χ0v) is 19.0. The van der Waals surface area contributed by atoms with E-state index in [1.165, 1.54) is 0 Å². The average Bonchev–Trinajstić information content (AvgIpc) is 3.23. The second-order valence-corrected chi connectivity index (χ2v) is 10.1. The Kier molecular flexibility index (Phi) is 6.31. The third kappa shape index (κ3) is 4.54. The monoisotopic (exact) mass is 450 g/mol. The number of rotatable bonds is 6. The van der Waals surface area contributed by atoms with Gasteiger partial charge >= 0.3 is 0 Å². The Morgan fingerprint density at radius 3 is 2.41 bits per heavy atom. The molecule has 1 fully saturated rings. The van der Waals surface area contributed by atoms with Gasteiger partial charge in [0.1, 0.15) is 6.07 Å². The third-order valence-corrected chi connectivity index (χ3v) is 7.77. The van der Waals surface area contributed by atoms with Gasteiger partial charge < -0.3 is 9.73 Å². The molecule has 1 saturated heterocycles. The molecule has 0 amide bonds. The second kappa shape index (κ2) is 9.15. The molecule has 1 aromatic heterocycles. The van der Waals surface area contributed by atoms with Gasteiger partial charge in [0.15, 0.2) is 0 Å². The van der Waals surface area contributed by atoms with Gasteiger partial charge in [-0.05, 0) is 55.5 Å². The van der Waals surface area contributed by atoms with Crippen LogP contribution in [0.25, 0.3) is 11.5 Å². The number of nitrogens with zero attached hydrogens (tertiary/aromatic N) is 3. The summed E-state index contributed by atoms with van der Waals surface area (Å²) in [7, 11) is -3.52. The summed E-state index contributed by atoms with van der Waals surface area (Å²) in [5, 5.41) is 12.7. The van der Waals surface area contributed by atoms with Crippen molar-refractivity contribution in [3.8, 4) is 17.5 Å². The molecule has 0 unspecified atom stereocenters. The number of anilines is 1. The fourth-order valence-corrected chi connectivity index (χ4v) is 5.25. The van der Waals surface area contributed by atoms with Gasteiger partial charge in [0.2, 0.25) is 27.5 Å². The van der Waals surface area contributed by atoms with Gasteiger partial charge in [-0.3, -0.25) is 0 Å². The number of oxazole rings is 1. The van der Waals surface area contributed by atoms with Crippen LogP contribution in [0.15, 0.2) is 63.9 Å². The zero-order chi connectivity index (χ0) is 22.7. The molecule has 3 aromatic rings. The van der Waals surface area contributed by atoms with Crippen LogP contribution in [-0.2, 0) is 10.0 Å². The maximum atomic E-state index is 12.9. The lowest BCUT2D eigenvalue weighted by Gasteiger charge is -2.29. The minimum Gasteiger partial charge on any atom is -0.419 e. The topological polar surface area (TPSA) is 99.2 Å². The van der Waals surface area contributed by atoms with E-state index in [0.717, 1.165) is 18.4 Å². The van der Waals surface area contributed by atoms with Crippen LogP contribution >= 0.6 is 0 Å². The van der Waals surface area contributed by atoms with Crippen LogP contribution in [-0.4, -0.2) is 30.8 Å². The molecule has 1 aliphatic rings. The van der Waals surface area contributed by atoms with E-state index < -0.39 is 10.0 Å². The van der Waals surface area contributed by atoms with Gasteiger partial charge in [-0.25, -0.2) is 8.42 Å². The van der Waals surface area contributed by atoms with Crippen molar-refractivity contribution in [2.75, 3.05) is 18.4 Å². The van der Waals surface area contributed by atoms with Gasteiger partial charge in [-0.1, -0.05) is 37.3 Å². The van der Waals surface area contributed by atoms with Crippen LogP contribution in [0.5, 0.6) is 0 Å². The Bertz CT molecular complexity index is 1210. The molecule has 0 bridgehead atoms. The minimum atomic E-state index is -3.52. The lowest BCUT2D eigenvalue weighted by Crippen LogP contribution is -2.37. The van der Waals surface area contributed by atoms with Crippen molar-refractivity contribution < 1.29 is 12.8 Å². The van der Waals surface area contributed by atoms with Crippen molar-refractivity contribution in [3.05, 3.63) is 65.9 Å². The molecule has 8 heteroatoms. The van der Waals surface area contributed by atoms with Crippen molar-refractivity contribution in [3.63, 3.8) is 0 Å². The van der Waals surface area contributed by atoms with Crippen molar-refractivity contribution in [2.45, 2.75) is 37.6 Å². The summed E-state index contributed by atoms with van der Waals surface area (Å²) in [6, 6.07) is 18.3. The largest absolute Gasteiger partial charge is 0.419 e. The molecule has 32 heavy (non-hydrogen) atoms. The van der Waals surface area contributed by atoms with E-state index in [0.29, 0.717) is 24.6 Å².